The molecule has 5 aliphatic rings. The lowest BCUT2D eigenvalue weighted by atomic mass is 9.67. The first-order chi connectivity index (χ1) is 31.3. The largest absolute Gasteiger partial charge is 0.495 e. The molecule has 16 nitrogen and oxygen atoms in total. The number of carbonyl (C=O) groups is 6. The van der Waals surface area contributed by atoms with Gasteiger partial charge in [0.25, 0.3) is 11.8 Å². The quantitative estimate of drug-likeness (QED) is 0.0989. The van der Waals surface area contributed by atoms with Crippen LogP contribution in [0.3, 0.4) is 0 Å². The van der Waals surface area contributed by atoms with Crippen molar-refractivity contribution in [3.8, 4) is 5.75 Å². The van der Waals surface area contributed by atoms with Gasteiger partial charge in [0.2, 0.25) is 5.91 Å². The van der Waals surface area contributed by atoms with Gasteiger partial charge in [-0.15, -0.1) is 5.06 Å². The molecule has 0 aliphatic carbocycles. The number of ether oxygens (including phenoxy) is 4. The van der Waals surface area contributed by atoms with Crippen molar-refractivity contribution in [3.05, 3.63) is 46.5 Å². The average molecular weight is 1010 g/mol. The van der Waals surface area contributed by atoms with Gasteiger partial charge in [-0.05, 0) is 71.7 Å². The van der Waals surface area contributed by atoms with Gasteiger partial charge in [0.15, 0.2) is 5.72 Å². The monoisotopic (exact) mass is 1000 g/mol. The van der Waals surface area contributed by atoms with Crippen molar-refractivity contribution in [1.82, 2.24) is 15.3 Å². The Hall–Kier alpha value is -3.86. The van der Waals surface area contributed by atoms with Crippen LogP contribution in [0.25, 0.3) is 0 Å². The van der Waals surface area contributed by atoms with E-state index in [1.807, 2.05) is 13.0 Å². The Kier molecular flexibility index (Phi) is 18.0. The van der Waals surface area contributed by atoms with Gasteiger partial charge in [-0.25, -0.2) is 9.59 Å². The van der Waals surface area contributed by atoms with Gasteiger partial charge < -0.3 is 33.8 Å². The first-order valence-electron chi connectivity index (χ1n) is 21.9. The van der Waals surface area contributed by atoms with Crippen molar-refractivity contribution in [1.29, 1.82) is 0 Å². The van der Waals surface area contributed by atoms with Crippen LogP contribution in [0.1, 0.15) is 91.0 Å². The van der Waals surface area contributed by atoms with Gasteiger partial charge in [0.1, 0.15) is 40.4 Å². The van der Waals surface area contributed by atoms with Crippen molar-refractivity contribution >= 4 is 74.4 Å². The summed E-state index contributed by atoms with van der Waals surface area (Å²) in [7, 11) is 8.03. The lowest BCUT2D eigenvalue weighted by Crippen LogP contribution is -2.71. The summed E-state index contributed by atoms with van der Waals surface area (Å²) in [6.07, 6.45) is -3.05. The Morgan fingerprint density at radius 3 is 2.36 bits per heavy atom. The lowest BCUT2D eigenvalue weighted by molar-refractivity contribution is -0.319. The number of imide groups is 1. The molecule has 1 aromatic rings. The van der Waals surface area contributed by atoms with E-state index in [0.29, 0.717) is 35.1 Å². The molecule has 3 unspecified atom stereocenters. The second kappa shape index (κ2) is 22.3. The molecule has 67 heavy (non-hydrogen) atoms. The van der Waals surface area contributed by atoms with E-state index in [1.54, 1.807) is 38.1 Å². The number of rotatable bonds is 16. The number of ketones is 1. The highest BCUT2D eigenvalue weighted by Crippen LogP contribution is 2.53. The number of hydrogen-bond acceptors (Lipinski definition) is 15. The topological polar surface area (TPSA) is 191 Å². The van der Waals surface area contributed by atoms with Crippen molar-refractivity contribution in [3.63, 3.8) is 0 Å². The molecule has 3 saturated heterocycles. The molecule has 0 aromatic heterocycles. The van der Waals surface area contributed by atoms with Crippen LogP contribution >= 0.6 is 33.2 Å². The molecule has 5 aliphatic heterocycles. The summed E-state index contributed by atoms with van der Waals surface area (Å²) in [5.74, 6) is -3.14. The zero-order valence-electron chi connectivity index (χ0n) is 38.9. The molecule has 6 bridgehead atoms. The predicted molar refractivity (Wildman–Crippen MR) is 245 cm³/mol. The molecule has 1 aromatic carbocycles. The van der Waals surface area contributed by atoms with Crippen LogP contribution in [0.5, 0.6) is 5.75 Å². The Balaban J connectivity index is 1.33. The third kappa shape index (κ3) is 13.1. The van der Waals surface area contributed by atoms with Crippen LogP contribution in [-0.2, 0) is 49.4 Å². The molecule has 0 spiro atoms. The van der Waals surface area contributed by atoms with E-state index in [2.05, 4.69) is 5.32 Å². The normalized spacial score (nSPS) is 29.3. The third-order valence-electron chi connectivity index (χ3n) is 12.9. The van der Waals surface area contributed by atoms with Gasteiger partial charge >= 0.3 is 18.2 Å². The first-order valence-corrected chi connectivity index (χ1v) is 24.7. The molecule has 6 rings (SSSR count). The molecule has 5 heterocycles. The molecule has 22 heteroatoms. The fourth-order valence-electron chi connectivity index (χ4n) is 8.99. The summed E-state index contributed by atoms with van der Waals surface area (Å²) < 4.78 is 67.5. The lowest BCUT2D eigenvalue weighted by Gasteiger charge is -2.60. The van der Waals surface area contributed by atoms with Gasteiger partial charge in [0.05, 0.1) is 24.4 Å². The highest BCUT2D eigenvalue weighted by Gasteiger charge is 2.62. The maximum Gasteiger partial charge on any atom is 0.409 e. The summed E-state index contributed by atoms with van der Waals surface area (Å²) in [6, 6.07) is 0.234. The molecule has 372 valence electrons. The van der Waals surface area contributed by atoms with E-state index in [1.165, 1.54) is 61.7 Å². The number of likely N-dealkylation sites (N-methyl/N-ethyl adjacent to an activating group) is 1. The third-order valence-corrected chi connectivity index (χ3v) is 15.8. The molecular formula is C45H60ClF3N4O12S2. The number of fused-ring (bicyclic) bond motifs is 6. The van der Waals surface area contributed by atoms with Crippen LogP contribution in [0.2, 0.25) is 5.02 Å². The number of anilines is 1. The van der Waals surface area contributed by atoms with Gasteiger partial charge in [-0.3, -0.25) is 29.4 Å². The Morgan fingerprint density at radius 1 is 1.07 bits per heavy atom. The second-order valence-electron chi connectivity index (χ2n) is 17.9. The highest BCUT2D eigenvalue weighted by molar-refractivity contribution is 8.76. The summed E-state index contributed by atoms with van der Waals surface area (Å²) in [4.78, 5) is 84.2. The number of aliphatic hydroxyl groups is 1. The van der Waals surface area contributed by atoms with E-state index in [0.717, 1.165) is 16.0 Å². The summed E-state index contributed by atoms with van der Waals surface area (Å²) >= 11 is 6.79. The maximum atomic E-state index is 14.7. The Labute approximate surface area is 401 Å². The molecule has 2 N–H and O–H groups in total. The van der Waals surface area contributed by atoms with Crippen molar-refractivity contribution in [2.75, 3.05) is 44.7 Å². The number of alkyl carbamates (subject to hydrolysis) is 1. The second-order valence-corrected chi connectivity index (χ2v) is 21.0. The van der Waals surface area contributed by atoms with Crippen molar-refractivity contribution < 1.29 is 70.8 Å². The van der Waals surface area contributed by atoms with Crippen molar-refractivity contribution in [2.24, 2.45) is 5.92 Å². The summed E-state index contributed by atoms with van der Waals surface area (Å²) in [6.45, 7) is 6.66. The number of methoxy groups -OCH3 is 2. The Morgan fingerprint density at radius 2 is 1.73 bits per heavy atom. The molecule has 4 amide bonds. The van der Waals surface area contributed by atoms with E-state index in [4.69, 9.17) is 35.4 Å². The number of hydrogen-bond donors (Lipinski definition) is 2. The number of alkyl halides is 3. The SMILES string of the molecule is COc1cc2cc(c1Cl)N(C)C(=O)C[C@H](CC(=O)[C@H](C)N(C)C(CCSSCCCC(=O)ON1C(=O)CCC1=O)C(F)(F)F)[C@@]1(C)CC(C)(O1)C1C[C@@](O)(NC(=O)O1)[C@H](OC)/C=C/C=C(\C)C2. The van der Waals surface area contributed by atoms with Gasteiger partial charge in [-0.2, -0.15) is 13.2 Å². The van der Waals surface area contributed by atoms with E-state index in [9.17, 15) is 47.0 Å². The molecule has 0 radical (unpaired) electrons. The van der Waals surface area contributed by atoms with Crippen molar-refractivity contribution in [2.45, 2.75) is 139 Å². The highest BCUT2D eigenvalue weighted by atomic mass is 35.5. The number of benzene rings is 1. The standard InChI is InChI=1S/C45H60ClF3N4O12S2/c1-26-11-9-12-34(62-8)44(60)24-35(63-41(59)50-44)43(4)25-42(3,65-43)29(23-38(57)52(6)30-20-28(19-26)21-32(61-7)40(30)46)22-31(54)27(2)51(5)33(45(47,48)49)16-18-67-66-17-10-13-39(58)64-53-36(55)14-15-37(53)56/h9,11-12,20-21,27,29,33-35,60H,10,13-19,22-25H2,1-8H3,(H,50,59)/b12-9+,26-11+/t27-,29-,33?,34+,35?,42+,43?,44-/m0/s1. The number of halogens is 4. The molecule has 0 saturated carbocycles. The number of allylic oxidation sites excluding steroid dienone is 3. The van der Waals surface area contributed by atoms with Gasteiger partial charge in [-0.1, -0.05) is 57.0 Å². The minimum atomic E-state index is -4.71. The van der Waals surface area contributed by atoms with E-state index in [-0.39, 0.29) is 62.1 Å². The summed E-state index contributed by atoms with van der Waals surface area (Å²) in [5.41, 5.74) is -2.43. The van der Waals surface area contributed by atoms with Crippen LogP contribution in [0.15, 0.2) is 35.9 Å². The first kappa shape index (κ1) is 54.1. The van der Waals surface area contributed by atoms with Crippen LogP contribution in [0.4, 0.5) is 23.7 Å². The summed E-state index contributed by atoms with van der Waals surface area (Å²) in [5, 5.41) is 14.9. The van der Waals surface area contributed by atoms with E-state index >= 15 is 0 Å². The predicted octanol–water partition coefficient (Wildman–Crippen LogP) is 6.89. The minimum absolute atomic E-state index is 0.0319. The fourth-order valence-corrected chi connectivity index (χ4v) is 11.5. The smallest absolute Gasteiger partial charge is 0.409 e. The van der Waals surface area contributed by atoms with Crippen LogP contribution in [0, 0.1) is 5.92 Å². The zero-order valence-corrected chi connectivity index (χ0v) is 41.3. The fraction of sp³-hybridized carbons (Fsp3) is 0.644. The van der Waals surface area contributed by atoms with E-state index < -0.39 is 88.9 Å². The van der Waals surface area contributed by atoms with Crippen LogP contribution in [-0.4, -0.2) is 138 Å². The molecule has 3 fully saturated rings. The number of carbonyl (C=O) groups excluding carboxylic acids is 6. The van der Waals surface area contributed by atoms with Gasteiger partial charge in [0, 0.05) is 76.5 Å². The number of hydroxylamine groups is 2. The average Bonchev–Trinajstić information content (AvgIpc) is 3.55. The number of nitrogens with zero attached hydrogens (tertiary/aromatic N) is 3. The minimum Gasteiger partial charge on any atom is -0.495 e. The number of amides is 4. The van der Waals surface area contributed by atoms with Crippen LogP contribution < -0.4 is 15.0 Å². The maximum absolute atomic E-state index is 14.7. The zero-order chi connectivity index (χ0) is 49.6. The number of nitrogens with one attached hydrogen (secondary N) is 1. The Bertz CT molecular complexity index is 2090. The number of Topliss-reactive ketones (excluding diaryl/α,β-unsaturated/α-hetero) is 1. The molecular weight excluding hydrogens is 945 g/mol. The molecule has 8 atom stereocenters.